The van der Waals surface area contributed by atoms with Gasteiger partial charge < -0.3 is 10.5 Å². The Labute approximate surface area is 140 Å². The first-order valence-corrected chi connectivity index (χ1v) is 6.05. The summed E-state index contributed by atoms with van der Waals surface area (Å²) in [7, 11) is 1.61. The monoisotopic (exact) mass is 402 g/mol. The molecule has 2 rings (SSSR count). The summed E-state index contributed by atoms with van der Waals surface area (Å²) in [6.07, 6.45) is 1.70. The van der Waals surface area contributed by atoms with Gasteiger partial charge in [0, 0.05) is 17.2 Å². The lowest BCUT2D eigenvalue weighted by molar-refractivity contribution is 0.416. The number of nitrogens with zero attached hydrogens (tertiary/aromatic N) is 3. The number of nitrogens with two attached hydrogens (primary N) is 1. The molecule has 2 aromatic rings. The molecule has 0 saturated carbocycles. The van der Waals surface area contributed by atoms with Gasteiger partial charge in [0.05, 0.1) is 24.7 Å². The van der Waals surface area contributed by atoms with Crippen LogP contribution in [0.1, 0.15) is 5.69 Å². The third-order valence-corrected chi connectivity index (χ3v) is 2.62. The first kappa shape index (κ1) is 16.7. The predicted octanol–water partition coefficient (Wildman–Crippen LogP) is 2.95. The summed E-state index contributed by atoms with van der Waals surface area (Å²) in [6.45, 7) is 1.89. The second-order valence-electron chi connectivity index (χ2n) is 3.94. The second-order valence-corrected chi connectivity index (χ2v) is 4.40. The van der Waals surface area contributed by atoms with Gasteiger partial charge in [0.25, 0.3) is 0 Å². The topological polar surface area (TPSA) is 73.4 Å². The Morgan fingerprint density at radius 3 is 2.70 bits per heavy atom. The van der Waals surface area contributed by atoms with E-state index in [4.69, 9.17) is 10.5 Å². The number of halogens is 1. The van der Waals surface area contributed by atoms with E-state index in [2.05, 4.69) is 27.8 Å². The molecule has 0 bridgehead atoms. The molecule has 0 aliphatic heterocycles. The van der Waals surface area contributed by atoms with E-state index in [9.17, 15) is 0 Å². The quantitative estimate of drug-likeness (QED) is 0.358. The highest BCUT2D eigenvalue weighted by atomic mass is 127. The number of thiol groups is 1. The lowest BCUT2D eigenvalue weighted by Crippen LogP contribution is -2.00. The van der Waals surface area contributed by atoms with Crippen LogP contribution in [0.15, 0.2) is 35.5 Å². The Morgan fingerprint density at radius 2 is 2.10 bits per heavy atom. The highest BCUT2D eigenvalue weighted by molar-refractivity contribution is 14.0. The summed E-state index contributed by atoms with van der Waals surface area (Å²) >= 11 is 3.95. The van der Waals surface area contributed by atoms with E-state index in [1.807, 2.05) is 25.1 Å². The minimum absolute atomic E-state index is 0. The van der Waals surface area contributed by atoms with Crippen molar-refractivity contribution in [2.45, 2.75) is 6.92 Å². The lowest BCUT2D eigenvalue weighted by atomic mass is 10.1. The Balaban J connectivity index is 0.00000200. The largest absolute Gasteiger partial charge is 0.496 e. The molecule has 0 atom stereocenters. The molecule has 0 amide bonds. The molecular formula is C13H15IN4OS. The molecule has 7 heteroatoms. The Morgan fingerprint density at radius 1 is 1.35 bits per heavy atom. The molecule has 1 aromatic heterocycles. The minimum Gasteiger partial charge on any atom is -0.496 e. The van der Waals surface area contributed by atoms with Crippen LogP contribution >= 0.6 is 36.6 Å². The second kappa shape index (κ2) is 7.44. The Kier molecular flexibility index (Phi) is 6.21. The zero-order chi connectivity index (χ0) is 13.8. The van der Waals surface area contributed by atoms with Crippen molar-refractivity contribution < 1.29 is 4.74 Å². The smallest absolute Gasteiger partial charge is 0.156 e. The van der Waals surface area contributed by atoms with Crippen molar-refractivity contribution in [3.63, 3.8) is 0 Å². The van der Waals surface area contributed by atoms with Crippen LogP contribution < -0.4 is 10.5 Å². The van der Waals surface area contributed by atoms with E-state index >= 15 is 0 Å². The van der Waals surface area contributed by atoms with Crippen molar-refractivity contribution in [1.29, 1.82) is 0 Å². The molecule has 20 heavy (non-hydrogen) atoms. The van der Waals surface area contributed by atoms with Gasteiger partial charge in [-0.1, -0.05) is 0 Å². The van der Waals surface area contributed by atoms with Gasteiger partial charge in [-0.3, -0.25) is 0 Å². The highest BCUT2D eigenvalue weighted by Crippen LogP contribution is 2.33. The van der Waals surface area contributed by atoms with Crippen LogP contribution in [0.4, 0.5) is 5.69 Å². The number of methoxy groups -OCH3 is 1. The molecule has 0 radical (unpaired) electrons. The zero-order valence-electron chi connectivity index (χ0n) is 11.1. The van der Waals surface area contributed by atoms with E-state index in [-0.39, 0.29) is 29.1 Å². The van der Waals surface area contributed by atoms with Gasteiger partial charge >= 0.3 is 0 Å². The average Bonchev–Trinajstić information content (AvgIpc) is 2.37. The Bertz CT molecular complexity index is 630. The zero-order valence-corrected chi connectivity index (χ0v) is 14.3. The molecule has 5 nitrogen and oxygen atoms in total. The number of hydrogen-bond acceptors (Lipinski definition) is 4. The highest BCUT2D eigenvalue weighted by Gasteiger charge is 2.08. The third kappa shape index (κ3) is 4.07. The fourth-order valence-electron chi connectivity index (χ4n) is 1.74. The summed E-state index contributed by atoms with van der Waals surface area (Å²) in [6, 6.07) is 7.50. The Hall–Kier alpha value is -1.35. The van der Waals surface area contributed by atoms with Crippen molar-refractivity contribution >= 4 is 47.5 Å². The number of ether oxygens (including phenoxy) is 1. The maximum Gasteiger partial charge on any atom is 0.156 e. The van der Waals surface area contributed by atoms with Crippen LogP contribution in [0.5, 0.6) is 5.75 Å². The third-order valence-electron chi connectivity index (χ3n) is 2.52. The van der Waals surface area contributed by atoms with Crippen molar-refractivity contribution in [3.05, 3.63) is 36.2 Å². The van der Waals surface area contributed by atoms with Gasteiger partial charge in [0.15, 0.2) is 5.17 Å². The van der Waals surface area contributed by atoms with Crippen LogP contribution in [0.3, 0.4) is 0 Å². The summed E-state index contributed by atoms with van der Waals surface area (Å²) in [5.41, 5.74) is 8.85. The normalized spacial score (nSPS) is 10.8. The lowest BCUT2D eigenvalue weighted by Gasteiger charge is -2.09. The van der Waals surface area contributed by atoms with Crippen LogP contribution in [0.2, 0.25) is 0 Å². The number of hydrogen-bond donors (Lipinski definition) is 2. The molecule has 0 saturated heterocycles. The summed E-state index contributed by atoms with van der Waals surface area (Å²) in [5, 5.41) is 8.08. The van der Waals surface area contributed by atoms with E-state index in [1.165, 1.54) is 0 Å². The fourth-order valence-corrected chi connectivity index (χ4v) is 1.86. The molecule has 0 fully saturated rings. The summed E-state index contributed by atoms with van der Waals surface area (Å²) < 4.78 is 5.38. The van der Waals surface area contributed by atoms with Crippen LogP contribution in [0, 0.1) is 6.92 Å². The van der Waals surface area contributed by atoms with E-state index in [0.717, 1.165) is 16.8 Å². The fraction of sp³-hybridized carbons (Fsp3) is 0.154. The molecule has 106 valence electrons. The van der Waals surface area contributed by atoms with Crippen molar-refractivity contribution in [1.82, 2.24) is 10.2 Å². The number of rotatable bonds is 3. The number of amidine groups is 1. The molecular weight excluding hydrogens is 387 g/mol. The van der Waals surface area contributed by atoms with E-state index < -0.39 is 0 Å². The summed E-state index contributed by atoms with van der Waals surface area (Å²) in [5.74, 6) is 0.697. The predicted molar refractivity (Wildman–Crippen MR) is 94.4 cm³/mol. The van der Waals surface area contributed by atoms with Gasteiger partial charge in [-0.2, -0.15) is 10.2 Å². The van der Waals surface area contributed by atoms with Crippen molar-refractivity contribution in [3.8, 4) is 16.9 Å². The standard InChI is InChI=1S/C13H14N4OS.HI/c1-8-5-9(7-15-17-8)11-4-3-10(16-13(14)19)6-12(11)18-2;/h3-7H,1-2H3,(H3,14,16,19);1H. The van der Waals surface area contributed by atoms with Crippen molar-refractivity contribution in [2.75, 3.05) is 7.11 Å². The SMILES string of the molecule is COc1cc(N=C(N)S)ccc1-c1cnnc(C)c1.I. The molecule has 0 unspecified atom stereocenters. The molecule has 2 N–H and O–H groups in total. The molecule has 0 spiro atoms. The summed E-state index contributed by atoms with van der Waals surface area (Å²) in [4.78, 5) is 4.07. The number of aromatic nitrogens is 2. The van der Waals surface area contributed by atoms with Gasteiger partial charge in [-0.15, -0.1) is 36.6 Å². The number of benzene rings is 1. The molecule has 1 heterocycles. The number of aryl methyl sites for hydroxylation is 1. The average molecular weight is 402 g/mol. The first-order valence-electron chi connectivity index (χ1n) is 5.61. The van der Waals surface area contributed by atoms with Gasteiger partial charge in [0.2, 0.25) is 0 Å². The maximum absolute atomic E-state index is 5.44. The van der Waals surface area contributed by atoms with Gasteiger partial charge in [-0.05, 0) is 25.1 Å². The maximum atomic E-state index is 5.44. The van der Waals surface area contributed by atoms with Crippen LogP contribution in [-0.4, -0.2) is 22.5 Å². The van der Waals surface area contributed by atoms with E-state index in [1.54, 1.807) is 19.4 Å². The van der Waals surface area contributed by atoms with Crippen molar-refractivity contribution in [2.24, 2.45) is 10.7 Å². The van der Waals surface area contributed by atoms with Gasteiger partial charge in [0.1, 0.15) is 5.75 Å². The molecule has 0 aliphatic carbocycles. The van der Waals surface area contributed by atoms with Crippen LogP contribution in [-0.2, 0) is 0 Å². The first-order chi connectivity index (χ1) is 9.10. The molecule has 0 aliphatic rings. The minimum atomic E-state index is 0. The molecule has 1 aromatic carbocycles. The van der Waals surface area contributed by atoms with Crippen LogP contribution in [0.25, 0.3) is 11.1 Å². The van der Waals surface area contributed by atoms with E-state index in [0.29, 0.717) is 11.4 Å². The van der Waals surface area contributed by atoms with Gasteiger partial charge in [-0.25, -0.2) is 4.99 Å². The number of aliphatic imine (C=N–C) groups is 1.